The molecule has 0 radical (unpaired) electrons. The molecule has 1 aliphatic carbocycles. The molecule has 15 heavy (non-hydrogen) atoms. The lowest BCUT2D eigenvalue weighted by Gasteiger charge is -2.34. The quantitative estimate of drug-likeness (QED) is 0.657. The zero-order chi connectivity index (χ0) is 11.3. The molecule has 0 aliphatic heterocycles. The maximum Gasteiger partial charge on any atom is 0.0689 e. The highest BCUT2D eigenvalue weighted by Crippen LogP contribution is 2.43. The maximum absolute atomic E-state index is 9.14. The van der Waals surface area contributed by atoms with Gasteiger partial charge in [0, 0.05) is 0 Å². The molecule has 0 unspecified atom stereocenters. The molecule has 0 spiro atoms. The van der Waals surface area contributed by atoms with Crippen molar-refractivity contribution in [3.05, 3.63) is 12.2 Å². The molecule has 2 heteroatoms. The SMILES string of the molecule is C=C(CC#N)C1CCC(C#N)(CC)CC1. The van der Waals surface area contributed by atoms with Crippen LogP contribution in [0, 0.1) is 34.0 Å². The van der Waals surface area contributed by atoms with Crippen LogP contribution < -0.4 is 0 Å². The normalized spacial score (nSPS) is 30.2. The van der Waals surface area contributed by atoms with Gasteiger partial charge in [0.05, 0.1) is 24.0 Å². The Balaban J connectivity index is 2.53. The first-order chi connectivity index (χ1) is 7.17. The summed E-state index contributed by atoms with van der Waals surface area (Å²) in [5.41, 5.74) is 0.962. The smallest absolute Gasteiger partial charge is 0.0689 e. The Morgan fingerprint density at radius 3 is 2.40 bits per heavy atom. The zero-order valence-electron chi connectivity index (χ0n) is 9.42. The van der Waals surface area contributed by atoms with Crippen LogP contribution in [0.2, 0.25) is 0 Å². The van der Waals surface area contributed by atoms with Crippen molar-refractivity contribution >= 4 is 0 Å². The molecule has 0 N–H and O–H groups in total. The van der Waals surface area contributed by atoms with Gasteiger partial charge in [-0.25, -0.2) is 0 Å². The molecule has 1 aliphatic rings. The van der Waals surface area contributed by atoms with E-state index in [1.165, 1.54) is 0 Å². The second-order valence-corrected chi connectivity index (χ2v) is 4.51. The Morgan fingerprint density at radius 2 is 2.00 bits per heavy atom. The highest BCUT2D eigenvalue weighted by atomic mass is 14.4. The van der Waals surface area contributed by atoms with E-state index >= 15 is 0 Å². The third-order valence-corrected chi connectivity index (χ3v) is 3.74. The number of allylic oxidation sites excluding steroid dienone is 1. The summed E-state index contributed by atoms with van der Waals surface area (Å²) >= 11 is 0. The van der Waals surface area contributed by atoms with Gasteiger partial charge in [0.25, 0.3) is 0 Å². The van der Waals surface area contributed by atoms with Gasteiger partial charge < -0.3 is 0 Å². The molecule has 1 saturated carbocycles. The Bertz CT molecular complexity index is 308. The number of hydrogen-bond acceptors (Lipinski definition) is 2. The lowest BCUT2D eigenvalue weighted by molar-refractivity contribution is 0.220. The molecular weight excluding hydrogens is 184 g/mol. The molecule has 0 atom stereocenters. The topological polar surface area (TPSA) is 47.6 Å². The van der Waals surface area contributed by atoms with E-state index in [1.54, 1.807) is 0 Å². The fraction of sp³-hybridized carbons (Fsp3) is 0.692. The van der Waals surface area contributed by atoms with Gasteiger partial charge in [-0.2, -0.15) is 10.5 Å². The summed E-state index contributed by atoms with van der Waals surface area (Å²) in [6, 6.07) is 4.61. The van der Waals surface area contributed by atoms with Gasteiger partial charge in [-0.1, -0.05) is 19.1 Å². The molecule has 80 valence electrons. The summed E-state index contributed by atoms with van der Waals surface area (Å²) in [5.74, 6) is 0.470. The van der Waals surface area contributed by atoms with Crippen LogP contribution in [-0.4, -0.2) is 0 Å². The van der Waals surface area contributed by atoms with Crippen LogP contribution in [0.25, 0.3) is 0 Å². The molecule has 1 rings (SSSR count). The van der Waals surface area contributed by atoms with E-state index in [9.17, 15) is 0 Å². The molecule has 2 nitrogen and oxygen atoms in total. The average molecular weight is 202 g/mol. The Labute approximate surface area is 92.2 Å². The number of hydrogen-bond donors (Lipinski definition) is 0. The van der Waals surface area contributed by atoms with Crippen LogP contribution in [0.4, 0.5) is 0 Å². The van der Waals surface area contributed by atoms with E-state index in [1.807, 2.05) is 0 Å². The summed E-state index contributed by atoms with van der Waals surface area (Å²) in [5, 5.41) is 17.7. The first-order valence-electron chi connectivity index (χ1n) is 5.63. The second kappa shape index (κ2) is 4.99. The van der Waals surface area contributed by atoms with Crippen molar-refractivity contribution in [2.75, 3.05) is 0 Å². The summed E-state index contributed by atoms with van der Waals surface area (Å²) in [4.78, 5) is 0. The Morgan fingerprint density at radius 1 is 1.40 bits per heavy atom. The molecule has 0 bridgehead atoms. The summed E-state index contributed by atoms with van der Waals surface area (Å²) in [6.45, 7) is 6.05. The molecule has 0 aromatic heterocycles. The summed E-state index contributed by atoms with van der Waals surface area (Å²) < 4.78 is 0. The predicted octanol–water partition coefficient (Wildman–Crippen LogP) is 3.57. The van der Waals surface area contributed by atoms with E-state index in [4.69, 9.17) is 10.5 Å². The lowest BCUT2D eigenvalue weighted by Crippen LogP contribution is -2.25. The Hall–Kier alpha value is -1.28. The van der Waals surface area contributed by atoms with Crippen LogP contribution in [0.15, 0.2) is 12.2 Å². The van der Waals surface area contributed by atoms with Crippen LogP contribution >= 0.6 is 0 Å². The summed E-state index contributed by atoms with van der Waals surface area (Å²) in [7, 11) is 0. The van der Waals surface area contributed by atoms with Crippen molar-refractivity contribution < 1.29 is 0 Å². The van der Waals surface area contributed by atoms with Crippen molar-refractivity contribution in [1.82, 2.24) is 0 Å². The molecule has 1 fully saturated rings. The first-order valence-corrected chi connectivity index (χ1v) is 5.63. The zero-order valence-corrected chi connectivity index (χ0v) is 9.42. The van der Waals surface area contributed by atoms with Gasteiger partial charge in [0.15, 0.2) is 0 Å². The number of nitriles is 2. The Kier molecular flexibility index (Phi) is 3.92. The van der Waals surface area contributed by atoms with Crippen molar-refractivity contribution in [2.24, 2.45) is 11.3 Å². The molecule has 0 aromatic rings. The van der Waals surface area contributed by atoms with Gasteiger partial charge in [-0.3, -0.25) is 0 Å². The monoisotopic (exact) mass is 202 g/mol. The average Bonchev–Trinajstić information content (AvgIpc) is 2.29. The minimum Gasteiger partial charge on any atom is -0.198 e. The maximum atomic E-state index is 9.14. The van der Waals surface area contributed by atoms with E-state index in [0.29, 0.717) is 12.3 Å². The van der Waals surface area contributed by atoms with Gasteiger partial charge in [0.1, 0.15) is 0 Å². The van der Waals surface area contributed by atoms with Crippen molar-refractivity contribution in [1.29, 1.82) is 10.5 Å². The standard InChI is InChI=1S/C13H18N2/c1-3-13(10-15)7-4-12(5-8-13)11(2)6-9-14/h12H,2-8H2,1H3. The van der Waals surface area contributed by atoms with Crippen molar-refractivity contribution in [3.63, 3.8) is 0 Å². The van der Waals surface area contributed by atoms with E-state index in [-0.39, 0.29) is 5.41 Å². The minimum atomic E-state index is -0.0938. The van der Waals surface area contributed by atoms with Crippen LogP contribution in [-0.2, 0) is 0 Å². The van der Waals surface area contributed by atoms with E-state index in [0.717, 1.165) is 37.7 Å². The fourth-order valence-electron chi connectivity index (χ4n) is 2.37. The molecule has 0 amide bonds. The van der Waals surface area contributed by atoms with Gasteiger partial charge >= 0.3 is 0 Å². The highest BCUT2D eigenvalue weighted by molar-refractivity contribution is 5.11. The van der Waals surface area contributed by atoms with Crippen molar-refractivity contribution in [3.8, 4) is 12.1 Å². The van der Waals surface area contributed by atoms with Crippen LogP contribution in [0.5, 0.6) is 0 Å². The lowest BCUT2D eigenvalue weighted by atomic mass is 9.68. The largest absolute Gasteiger partial charge is 0.198 e. The number of nitrogens with zero attached hydrogens (tertiary/aromatic N) is 2. The third kappa shape index (κ3) is 2.60. The van der Waals surface area contributed by atoms with Crippen LogP contribution in [0.3, 0.4) is 0 Å². The first kappa shape index (κ1) is 11.8. The fourth-order valence-corrected chi connectivity index (χ4v) is 2.37. The third-order valence-electron chi connectivity index (χ3n) is 3.74. The molecule has 0 aromatic carbocycles. The molecule has 0 heterocycles. The van der Waals surface area contributed by atoms with E-state index in [2.05, 4.69) is 25.6 Å². The second-order valence-electron chi connectivity index (χ2n) is 4.51. The molecule has 0 saturated heterocycles. The van der Waals surface area contributed by atoms with E-state index < -0.39 is 0 Å². The molecular formula is C13H18N2. The minimum absolute atomic E-state index is 0.0938. The predicted molar refractivity (Wildman–Crippen MR) is 59.7 cm³/mol. The van der Waals surface area contributed by atoms with Gasteiger partial charge in [-0.15, -0.1) is 0 Å². The van der Waals surface area contributed by atoms with Gasteiger partial charge in [0.2, 0.25) is 0 Å². The number of rotatable bonds is 3. The van der Waals surface area contributed by atoms with Crippen molar-refractivity contribution in [2.45, 2.75) is 45.4 Å². The van der Waals surface area contributed by atoms with Gasteiger partial charge in [-0.05, 0) is 38.0 Å². The highest BCUT2D eigenvalue weighted by Gasteiger charge is 2.34. The summed E-state index contributed by atoms with van der Waals surface area (Å²) in [6.07, 6.45) is 5.41. The van der Waals surface area contributed by atoms with Crippen LogP contribution in [0.1, 0.15) is 45.4 Å².